The summed E-state index contributed by atoms with van der Waals surface area (Å²) in [5.74, 6) is 0.0812. The van der Waals surface area contributed by atoms with Crippen LogP contribution in [0.15, 0.2) is 53.8 Å². The van der Waals surface area contributed by atoms with E-state index < -0.39 is 23.8 Å². The van der Waals surface area contributed by atoms with Gasteiger partial charge in [0.15, 0.2) is 0 Å². The molecule has 2 heterocycles. The first kappa shape index (κ1) is 25.5. The average Bonchev–Trinajstić information content (AvgIpc) is 2.86. The molecule has 10 nitrogen and oxygen atoms in total. The van der Waals surface area contributed by atoms with Crippen molar-refractivity contribution in [3.05, 3.63) is 64.8 Å². The molecule has 0 radical (unpaired) electrons. The van der Waals surface area contributed by atoms with Gasteiger partial charge in [-0.2, -0.15) is 13.2 Å². The fourth-order valence-electron chi connectivity index (χ4n) is 3.22. The number of anilines is 1. The first-order chi connectivity index (χ1) is 16.7. The van der Waals surface area contributed by atoms with Gasteiger partial charge in [0.2, 0.25) is 5.82 Å². The summed E-state index contributed by atoms with van der Waals surface area (Å²) in [6, 6.07) is 8.83. The quantitative estimate of drug-likeness (QED) is 0.342. The Balaban J connectivity index is 1.75. The highest BCUT2D eigenvalue weighted by Crippen LogP contribution is 2.34. The Kier molecular flexibility index (Phi) is 7.91. The van der Waals surface area contributed by atoms with Crippen LogP contribution in [0.5, 0.6) is 5.75 Å². The standard InChI is InChI=1S/C22H22F3N7O3/c1-3-32(12-18(26)28-19-8-9-20(31-34)30-29-19)21(33)16-10-17(35-2)15(11-27-16)13-4-6-14(7-5-13)22(23,24)25/h4-11,18H,3,12,26H2,1-2H3,(H,28,29)/t18-/m0/s1. The number of benzene rings is 1. The molecule has 0 aliphatic heterocycles. The van der Waals surface area contributed by atoms with Crippen molar-refractivity contribution >= 4 is 17.5 Å². The van der Waals surface area contributed by atoms with E-state index in [9.17, 15) is 22.9 Å². The lowest BCUT2D eigenvalue weighted by atomic mass is 10.0. The van der Waals surface area contributed by atoms with Gasteiger partial charge in [-0.15, -0.1) is 15.1 Å². The van der Waals surface area contributed by atoms with Gasteiger partial charge in [0.25, 0.3) is 5.91 Å². The normalized spacial score (nSPS) is 12.1. The highest BCUT2D eigenvalue weighted by molar-refractivity contribution is 5.93. The van der Waals surface area contributed by atoms with Crippen molar-refractivity contribution in [2.45, 2.75) is 19.3 Å². The van der Waals surface area contributed by atoms with E-state index in [0.717, 1.165) is 12.1 Å². The number of nitrogens with one attached hydrogen (secondary N) is 1. The average molecular weight is 489 g/mol. The highest BCUT2D eigenvalue weighted by Gasteiger charge is 2.30. The fourth-order valence-corrected chi connectivity index (χ4v) is 3.22. The third-order valence-corrected chi connectivity index (χ3v) is 4.99. The van der Waals surface area contributed by atoms with Gasteiger partial charge in [0, 0.05) is 24.4 Å². The molecule has 0 aliphatic rings. The number of nitrogens with two attached hydrogens (primary N) is 1. The molecular weight excluding hydrogens is 467 g/mol. The smallest absolute Gasteiger partial charge is 0.416 e. The van der Waals surface area contributed by atoms with Crippen molar-refractivity contribution in [2.24, 2.45) is 10.9 Å². The van der Waals surface area contributed by atoms with E-state index in [1.165, 1.54) is 48.5 Å². The number of halogens is 3. The molecule has 0 bridgehead atoms. The summed E-state index contributed by atoms with van der Waals surface area (Å²) in [6.07, 6.45) is -3.78. The monoisotopic (exact) mass is 489 g/mol. The van der Waals surface area contributed by atoms with Gasteiger partial charge < -0.3 is 20.7 Å². The third kappa shape index (κ3) is 6.26. The van der Waals surface area contributed by atoms with Crippen LogP contribution in [0.1, 0.15) is 23.0 Å². The van der Waals surface area contributed by atoms with Crippen molar-refractivity contribution in [1.29, 1.82) is 0 Å². The number of methoxy groups -OCH3 is 1. The van der Waals surface area contributed by atoms with Gasteiger partial charge >= 0.3 is 6.18 Å². The fraction of sp³-hybridized carbons (Fsp3) is 0.273. The van der Waals surface area contributed by atoms with E-state index in [1.807, 2.05) is 0 Å². The number of hydrogen-bond donors (Lipinski definition) is 2. The molecule has 2 aromatic heterocycles. The number of likely N-dealkylation sites (N-methyl/N-ethyl adjacent to an activating group) is 1. The number of rotatable bonds is 9. The molecule has 3 N–H and O–H groups in total. The molecule has 184 valence electrons. The number of pyridine rings is 1. The number of alkyl halides is 3. The molecule has 0 fully saturated rings. The summed E-state index contributed by atoms with van der Waals surface area (Å²) in [6.45, 7) is 2.18. The zero-order valence-corrected chi connectivity index (χ0v) is 18.8. The highest BCUT2D eigenvalue weighted by atomic mass is 19.4. The number of nitrogens with zero attached hydrogens (tertiary/aromatic N) is 5. The number of carbonyl (C=O) groups is 1. The van der Waals surface area contributed by atoms with Gasteiger partial charge in [-0.1, -0.05) is 12.1 Å². The molecule has 1 atom stereocenters. The zero-order chi connectivity index (χ0) is 25.6. The summed E-state index contributed by atoms with van der Waals surface area (Å²) in [7, 11) is 1.39. The molecule has 35 heavy (non-hydrogen) atoms. The van der Waals surface area contributed by atoms with Crippen LogP contribution in [0.4, 0.5) is 24.8 Å². The summed E-state index contributed by atoms with van der Waals surface area (Å²) in [5, 5.41) is 12.9. The van der Waals surface area contributed by atoms with Crippen LogP contribution in [0.25, 0.3) is 11.1 Å². The third-order valence-electron chi connectivity index (χ3n) is 4.99. The first-order valence-electron chi connectivity index (χ1n) is 10.4. The largest absolute Gasteiger partial charge is 0.496 e. The first-order valence-corrected chi connectivity index (χ1v) is 10.4. The van der Waals surface area contributed by atoms with Crippen molar-refractivity contribution in [2.75, 3.05) is 25.5 Å². The Bertz CT molecular complexity index is 1170. The SMILES string of the molecule is CCN(C[C@@H](N)Nc1ccc(N=O)nn1)C(=O)c1cc(OC)c(-c2ccc(C(F)(F)F)cc2)cn1. The van der Waals surface area contributed by atoms with E-state index in [4.69, 9.17) is 10.5 Å². The molecular formula is C22H22F3N7O3. The van der Waals surface area contributed by atoms with Crippen molar-refractivity contribution < 1.29 is 22.7 Å². The predicted molar refractivity (Wildman–Crippen MR) is 122 cm³/mol. The van der Waals surface area contributed by atoms with Gasteiger partial charge in [-0.25, -0.2) is 0 Å². The topological polar surface area (TPSA) is 136 Å². The molecule has 0 saturated heterocycles. The van der Waals surface area contributed by atoms with Crippen LogP contribution in [-0.2, 0) is 6.18 Å². The lowest BCUT2D eigenvalue weighted by Gasteiger charge is -2.25. The lowest BCUT2D eigenvalue weighted by molar-refractivity contribution is -0.137. The summed E-state index contributed by atoms with van der Waals surface area (Å²) in [4.78, 5) is 29.1. The number of carbonyl (C=O) groups excluding carboxylic acids is 1. The molecule has 1 amide bonds. The van der Waals surface area contributed by atoms with E-state index >= 15 is 0 Å². The van der Waals surface area contributed by atoms with Crippen LogP contribution >= 0.6 is 0 Å². The maximum atomic E-state index is 13.0. The number of ether oxygens (including phenoxy) is 1. The Labute approximate surface area is 198 Å². The molecule has 3 rings (SSSR count). The molecule has 13 heteroatoms. The van der Waals surface area contributed by atoms with Crippen LogP contribution in [0, 0.1) is 4.91 Å². The molecule has 1 aromatic carbocycles. The second-order valence-corrected chi connectivity index (χ2v) is 7.31. The second-order valence-electron chi connectivity index (χ2n) is 7.31. The maximum Gasteiger partial charge on any atom is 0.416 e. The van der Waals surface area contributed by atoms with Gasteiger partial charge in [-0.3, -0.25) is 9.78 Å². The molecule has 0 unspecified atom stereocenters. The van der Waals surface area contributed by atoms with Gasteiger partial charge in [-0.05, 0) is 41.9 Å². The summed E-state index contributed by atoms with van der Waals surface area (Å²) >= 11 is 0. The van der Waals surface area contributed by atoms with Crippen LogP contribution in [0.2, 0.25) is 0 Å². The maximum absolute atomic E-state index is 13.0. The number of aromatic nitrogens is 3. The van der Waals surface area contributed by atoms with Crippen molar-refractivity contribution in [3.8, 4) is 16.9 Å². The van der Waals surface area contributed by atoms with Crippen LogP contribution in [0.3, 0.4) is 0 Å². The van der Waals surface area contributed by atoms with E-state index in [-0.39, 0.29) is 23.8 Å². The molecule has 3 aromatic rings. The Morgan fingerprint density at radius 2 is 1.91 bits per heavy atom. The molecule has 0 spiro atoms. The van der Waals surface area contributed by atoms with E-state index in [2.05, 4.69) is 25.7 Å². The van der Waals surface area contributed by atoms with E-state index in [1.54, 1.807) is 6.92 Å². The van der Waals surface area contributed by atoms with Crippen LogP contribution in [-0.4, -0.2) is 52.4 Å². The Hall–Kier alpha value is -4.13. The number of hydrogen-bond acceptors (Lipinski definition) is 9. The van der Waals surface area contributed by atoms with Gasteiger partial charge in [0.05, 0.1) is 25.4 Å². The van der Waals surface area contributed by atoms with Crippen molar-refractivity contribution in [3.63, 3.8) is 0 Å². The minimum Gasteiger partial charge on any atom is -0.496 e. The zero-order valence-electron chi connectivity index (χ0n) is 18.8. The second kappa shape index (κ2) is 10.9. The molecule has 0 aliphatic carbocycles. The van der Waals surface area contributed by atoms with Gasteiger partial charge in [0.1, 0.15) is 17.3 Å². The Morgan fingerprint density at radius 1 is 1.20 bits per heavy atom. The number of nitroso groups, excluding NO2 is 1. The summed E-state index contributed by atoms with van der Waals surface area (Å²) in [5.41, 5.74) is 6.28. The number of amides is 1. The molecule has 0 saturated carbocycles. The lowest BCUT2D eigenvalue weighted by Crippen LogP contribution is -2.45. The Morgan fingerprint density at radius 3 is 2.46 bits per heavy atom. The minimum absolute atomic E-state index is 0.0748. The van der Waals surface area contributed by atoms with E-state index in [0.29, 0.717) is 23.5 Å². The minimum atomic E-state index is -4.45. The van der Waals surface area contributed by atoms with Crippen LogP contribution < -0.4 is 15.8 Å². The summed E-state index contributed by atoms with van der Waals surface area (Å²) < 4.78 is 43.9. The van der Waals surface area contributed by atoms with Crippen molar-refractivity contribution in [1.82, 2.24) is 20.1 Å². The predicted octanol–water partition coefficient (Wildman–Crippen LogP) is 3.82.